The number of rotatable bonds is 5. The van der Waals surface area contributed by atoms with Crippen molar-refractivity contribution in [2.45, 2.75) is 25.9 Å². The van der Waals surface area contributed by atoms with Gasteiger partial charge in [-0.3, -0.25) is 4.79 Å². The van der Waals surface area contributed by atoms with Crippen molar-refractivity contribution < 1.29 is 22.7 Å². The average Bonchev–Trinajstić information content (AvgIpc) is 2.28. The van der Waals surface area contributed by atoms with Gasteiger partial charge in [0.15, 0.2) is 6.29 Å². The van der Waals surface area contributed by atoms with Gasteiger partial charge in [-0.2, -0.15) is 13.2 Å². The zero-order valence-corrected chi connectivity index (χ0v) is 9.38. The Labute approximate surface area is 97.4 Å². The van der Waals surface area contributed by atoms with Gasteiger partial charge in [0.2, 0.25) is 0 Å². The van der Waals surface area contributed by atoms with Gasteiger partial charge in [0.25, 0.3) is 0 Å². The molecular formula is C12H13F3O2. The van der Waals surface area contributed by atoms with Gasteiger partial charge in [-0.15, -0.1) is 0 Å². The van der Waals surface area contributed by atoms with Crippen LogP contribution in [0, 0.1) is 0 Å². The predicted molar refractivity (Wildman–Crippen MR) is 57.2 cm³/mol. The minimum atomic E-state index is -4.54. The maximum atomic E-state index is 12.6. The number of aldehydes is 1. The molecule has 0 unspecified atom stereocenters. The van der Waals surface area contributed by atoms with E-state index in [0.717, 1.165) is 25.0 Å². The van der Waals surface area contributed by atoms with Crippen molar-refractivity contribution in [2.24, 2.45) is 0 Å². The Morgan fingerprint density at radius 2 is 2.06 bits per heavy atom. The molecule has 0 heterocycles. The number of hydrogen-bond acceptors (Lipinski definition) is 2. The smallest absolute Gasteiger partial charge is 0.417 e. The number of alkyl halides is 3. The second kappa shape index (κ2) is 5.70. The lowest BCUT2D eigenvalue weighted by Crippen LogP contribution is -2.09. The molecule has 0 atom stereocenters. The molecule has 0 spiro atoms. The third-order valence-corrected chi connectivity index (χ3v) is 2.22. The van der Waals surface area contributed by atoms with Gasteiger partial charge in [-0.05, 0) is 24.6 Å². The van der Waals surface area contributed by atoms with Crippen molar-refractivity contribution in [1.82, 2.24) is 0 Å². The molecule has 1 aromatic carbocycles. The molecular weight excluding hydrogens is 233 g/mol. The predicted octanol–water partition coefficient (Wildman–Crippen LogP) is 3.70. The van der Waals surface area contributed by atoms with Crippen molar-refractivity contribution in [3.63, 3.8) is 0 Å². The Morgan fingerprint density at radius 3 is 2.59 bits per heavy atom. The molecule has 0 saturated heterocycles. The van der Waals surface area contributed by atoms with Crippen molar-refractivity contribution in [1.29, 1.82) is 0 Å². The van der Waals surface area contributed by atoms with Crippen molar-refractivity contribution in [3.05, 3.63) is 29.3 Å². The highest BCUT2D eigenvalue weighted by Gasteiger charge is 2.33. The zero-order valence-electron chi connectivity index (χ0n) is 9.38. The Hall–Kier alpha value is -1.52. The number of halogens is 3. The molecule has 0 aliphatic carbocycles. The Bertz CT molecular complexity index is 386. The van der Waals surface area contributed by atoms with Gasteiger partial charge < -0.3 is 4.74 Å². The summed E-state index contributed by atoms with van der Waals surface area (Å²) in [5.41, 5.74) is -1.33. The van der Waals surface area contributed by atoms with Crippen LogP contribution in [-0.2, 0) is 6.18 Å². The summed E-state index contributed by atoms with van der Waals surface area (Å²) >= 11 is 0. The summed E-state index contributed by atoms with van der Waals surface area (Å²) < 4.78 is 42.9. The highest BCUT2D eigenvalue weighted by molar-refractivity contribution is 5.78. The molecule has 17 heavy (non-hydrogen) atoms. The van der Waals surface area contributed by atoms with Crippen LogP contribution in [0.5, 0.6) is 5.75 Å². The van der Waals surface area contributed by atoms with Crippen LogP contribution < -0.4 is 4.74 Å². The standard InChI is InChI=1S/C12H13F3O2/c1-2-3-6-17-10-5-4-9(8-16)11(7-10)12(13,14)15/h4-5,7-8H,2-3,6H2,1H3. The second-order valence-electron chi connectivity index (χ2n) is 3.57. The first kappa shape index (κ1) is 13.5. The van der Waals surface area contributed by atoms with Crippen molar-refractivity contribution in [3.8, 4) is 5.75 Å². The summed E-state index contributed by atoms with van der Waals surface area (Å²) in [6.45, 7) is 2.33. The molecule has 1 aromatic rings. The van der Waals surface area contributed by atoms with Crippen LogP contribution >= 0.6 is 0 Å². The lowest BCUT2D eigenvalue weighted by atomic mass is 10.1. The van der Waals surface area contributed by atoms with E-state index in [1.807, 2.05) is 6.92 Å². The topological polar surface area (TPSA) is 26.3 Å². The SMILES string of the molecule is CCCCOc1ccc(C=O)c(C(F)(F)F)c1. The highest BCUT2D eigenvalue weighted by Crippen LogP contribution is 2.33. The molecule has 0 saturated carbocycles. The fourth-order valence-corrected chi connectivity index (χ4v) is 1.31. The van der Waals surface area contributed by atoms with Gasteiger partial charge in [0, 0.05) is 5.56 Å². The fourth-order valence-electron chi connectivity index (χ4n) is 1.31. The first-order chi connectivity index (χ1) is 7.99. The molecule has 0 amide bonds. The summed E-state index contributed by atoms with van der Waals surface area (Å²) in [6.07, 6.45) is -2.67. The molecule has 0 aliphatic rings. The van der Waals surface area contributed by atoms with Gasteiger partial charge in [-0.25, -0.2) is 0 Å². The van der Waals surface area contributed by atoms with E-state index in [-0.39, 0.29) is 17.6 Å². The average molecular weight is 246 g/mol. The molecule has 0 fully saturated rings. The third kappa shape index (κ3) is 3.76. The Kier molecular flexibility index (Phi) is 4.54. The Morgan fingerprint density at radius 1 is 1.35 bits per heavy atom. The zero-order chi connectivity index (χ0) is 12.9. The minimum Gasteiger partial charge on any atom is -0.494 e. The van der Waals surface area contributed by atoms with Crippen molar-refractivity contribution >= 4 is 6.29 Å². The van der Waals surface area contributed by atoms with Crippen LogP contribution in [-0.4, -0.2) is 12.9 Å². The van der Waals surface area contributed by atoms with Crippen molar-refractivity contribution in [2.75, 3.05) is 6.61 Å². The van der Waals surface area contributed by atoms with E-state index in [9.17, 15) is 18.0 Å². The van der Waals surface area contributed by atoms with Crippen LogP contribution in [0.1, 0.15) is 35.7 Å². The number of unbranched alkanes of at least 4 members (excludes halogenated alkanes) is 1. The summed E-state index contributed by atoms with van der Waals surface area (Å²) in [4.78, 5) is 10.5. The Balaban J connectivity index is 2.93. The number of carbonyl (C=O) groups excluding carboxylic acids is 1. The fraction of sp³-hybridized carbons (Fsp3) is 0.417. The number of benzene rings is 1. The maximum Gasteiger partial charge on any atom is 0.417 e. The van der Waals surface area contributed by atoms with Crippen LogP contribution in [0.4, 0.5) is 13.2 Å². The van der Waals surface area contributed by atoms with Gasteiger partial charge in [0.05, 0.1) is 12.2 Å². The molecule has 2 nitrogen and oxygen atoms in total. The van der Waals surface area contributed by atoms with E-state index in [4.69, 9.17) is 4.74 Å². The van der Waals surface area contributed by atoms with E-state index in [1.54, 1.807) is 0 Å². The van der Waals surface area contributed by atoms with E-state index < -0.39 is 11.7 Å². The summed E-state index contributed by atoms with van der Waals surface area (Å²) in [5, 5.41) is 0. The van der Waals surface area contributed by atoms with Crippen LogP contribution in [0.15, 0.2) is 18.2 Å². The quantitative estimate of drug-likeness (QED) is 0.585. The van der Waals surface area contributed by atoms with Crippen LogP contribution in [0.3, 0.4) is 0 Å². The lowest BCUT2D eigenvalue weighted by Gasteiger charge is -2.12. The maximum absolute atomic E-state index is 12.6. The second-order valence-corrected chi connectivity index (χ2v) is 3.57. The van der Waals surface area contributed by atoms with Gasteiger partial charge in [-0.1, -0.05) is 13.3 Å². The van der Waals surface area contributed by atoms with Gasteiger partial charge in [0.1, 0.15) is 5.75 Å². The number of hydrogen-bond donors (Lipinski definition) is 0. The first-order valence-electron chi connectivity index (χ1n) is 5.28. The molecule has 0 aromatic heterocycles. The first-order valence-corrected chi connectivity index (χ1v) is 5.28. The molecule has 5 heteroatoms. The van der Waals surface area contributed by atoms with E-state index >= 15 is 0 Å². The normalized spacial score (nSPS) is 11.3. The summed E-state index contributed by atoms with van der Waals surface area (Å²) in [7, 11) is 0. The molecule has 0 aliphatic heterocycles. The molecule has 0 N–H and O–H groups in total. The van der Waals surface area contributed by atoms with E-state index in [0.29, 0.717) is 6.61 Å². The van der Waals surface area contributed by atoms with E-state index in [1.165, 1.54) is 6.07 Å². The van der Waals surface area contributed by atoms with Crippen LogP contribution in [0.25, 0.3) is 0 Å². The molecule has 94 valence electrons. The van der Waals surface area contributed by atoms with Crippen LogP contribution in [0.2, 0.25) is 0 Å². The van der Waals surface area contributed by atoms with Gasteiger partial charge >= 0.3 is 6.18 Å². The monoisotopic (exact) mass is 246 g/mol. The molecule has 0 radical (unpaired) electrons. The summed E-state index contributed by atoms with van der Waals surface area (Å²) in [5.74, 6) is 0.136. The number of ether oxygens (including phenoxy) is 1. The third-order valence-electron chi connectivity index (χ3n) is 2.22. The lowest BCUT2D eigenvalue weighted by molar-refractivity contribution is -0.137. The van der Waals surface area contributed by atoms with E-state index in [2.05, 4.69) is 0 Å². The highest BCUT2D eigenvalue weighted by atomic mass is 19.4. The molecule has 1 rings (SSSR count). The number of carbonyl (C=O) groups is 1. The minimum absolute atomic E-state index is 0.136. The summed E-state index contributed by atoms with van der Waals surface area (Å²) in [6, 6.07) is 3.35. The largest absolute Gasteiger partial charge is 0.494 e. The molecule has 0 bridgehead atoms.